The standard InChI is InChI=1S/C15H24N2O/c16-12-13-6-2-3-7-15(13)18-11-5-1-4-10-17-14-8-9-14/h2-3,6-7,14,17H,1,4-5,8-12,16H2. The number of hydrogen-bond donors (Lipinski definition) is 2. The van der Waals surface area contributed by atoms with E-state index < -0.39 is 0 Å². The molecule has 0 saturated heterocycles. The molecule has 0 bridgehead atoms. The van der Waals surface area contributed by atoms with Crippen LogP contribution in [0.25, 0.3) is 0 Å². The maximum Gasteiger partial charge on any atom is 0.123 e. The highest BCUT2D eigenvalue weighted by Gasteiger charge is 2.19. The van der Waals surface area contributed by atoms with Gasteiger partial charge in [-0.25, -0.2) is 0 Å². The Labute approximate surface area is 110 Å². The molecule has 1 aromatic rings. The Morgan fingerprint density at radius 1 is 1.17 bits per heavy atom. The first-order chi connectivity index (χ1) is 8.90. The highest BCUT2D eigenvalue weighted by molar-refractivity contribution is 5.32. The third-order valence-electron chi connectivity index (χ3n) is 3.28. The summed E-state index contributed by atoms with van der Waals surface area (Å²) in [5.41, 5.74) is 6.76. The number of nitrogens with one attached hydrogen (secondary N) is 1. The number of ether oxygens (including phenoxy) is 1. The molecule has 1 aliphatic rings. The Balaban J connectivity index is 1.53. The van der Waals surface area contributed by atoms with E-state index in [1.54, 1.807) is 0 Å². The second-order valence-corrected chi connectivity index (χ2v) is 4.95. The molecule has 2 rings (SSSR count). The molecule has 3 nitrogen and oxygen atoms in total. The third kappa shape index (κ3) is 4.67. The lowest BCUT2D eigenvalue weighted by Crippen LogP contribution is -2.17. The molecule has 0 aromatic heterocycles. The summed E-state index contributed by atoms with van der Waals surface area (Å²) in [6.07, 6.45) is 6.34. The summed E-state index contributed by atoms with van der Waals surface area (Å²) >= 11 is 0. The van der Waals surface area contributed by atoms with E-state index in [0.29, 0.717) is 6.54 Å². The highest BCUT2D eigenvalue weighted by atomic mass is 16.5. The Morgan fingerprint density at radius 3 is 2.78 bits per heavy atom. The van der Waals surface area contributed by atoms with E-state index in [1.165, 1.54) is 25.7 Å². The molecule has 1 saturated carbocycles. The predicted octanol–water partition coefficient (Wildman–Crippen LogP) is 2.45. The van der Waals surface area contributed by atoms with E-state index in [4.69, 9.17) is 10.5 Å². The molecular formula is C15H24N2O. The zero-order valence-corrected chi connectivity index (χ0v) is 11.0. The smallest absolute Gasteiger partial charge is 0.123 e. The van der Waals surface area contributed by atoms with Crippen molar-refractivity contribution in [1.82, 2.24) is 5.32 Å². The molecule has 100 valence electrons. The van der Waals surface area contributed by atoms with E-state index in [1.807, 2.05) is 24.3 Å². The van der Waals surface area contributed by atoms with Crippen LogP contribution in [0.1, 0.15) is 37.7 Å². The van der Waals surface area contributed by atoms with Gasteiger partial charge in [0.1, 0.15) is 5.75 Å². The van der Waals surface area contributed by atoms with Gasteiger partial charge in [-0.3, -0.25) is 0 Å². The van der Waals surface area contributed by atoms with Crippen LogP contribution in [0.5, 0.6) is 5.75 Å². The summed E-state index contributed by atoms with van der Waals surface area (Å²) in [7, 11) is 0. The van der Waals surface area contributed by atoms with E-state index in [-0.39, 0.29) is 0 Å². The lowest BCUT2D eigenvalue weighted by Gasteiger charge is -2.10. The fourth-order valence-corrected chi connectivity index (χ4v) is 1.99. The Hall–Kier alpha value is -1.06. The average molecular weight is 248 g/mol. The van der Waals surface area contributed by atoms with E-state index in [9.17, 15) is 0 Å². The molecule has 1 fully saturated rings. The van der Waals surface area contributed by atoms with Gasteiger partial charge in [-0.1, -0.05) is 18.2 Å². The van der Waals surface area contributed by atoms with Gasteiger partial charge in [-0.05, 0) is 44.7 Å². The van der Waals surface area contributed by atoms with Crippen molar-refractivity contribution in [1.29, 1.82) is 0 Å². The van der Waals surface area contributed by atoms with Crippen molar-refractivity contribution in [2.45, 2.75) is 44.7 Å². The molecule has 0 heterocycles. The molecule has 0 unspecified atom stereocenters. The maximum absolute atomic E-state index is 5.77. The van der Waals surface area contributed by atoms with Crippen LogP contribution in [0.2, 0.25) is 0 Å². The molecule has 0 radical (unpaired) electrons. The maximum atomic E-state index is 5.77. The largest absolute Gasteiger partial charge is 0.493 e. The van der Waals surface area contributed by atoms with Gasteiger partial charge >= 0.3 is 0 Å². The van der Waals surface area contributed by atoms with Crippen LogP contribution in [0.3, 0.4) is 0 Å². The van der Waals surface area contributed by atoms with Crippen molar-refractivity contribution in [2.75, 3.05) is 13.2 Å². The van der Waals surface area contributed by atoms with Crippen LogP contribution in [-0.4, -0.2) is 19.2 Å². The van der Waals surface area contributed by atoms with Crippen molar-refractivity contribution < 1.29 is 4.74 Å². The first-order valence-electron chi connectivity index (χ1n) is 7.04. The molecule has 3 N–H and O–H groups in total. The second kappa shape index (κ2) is 7.39. The summed E-state index contributed by atoms with van der Waals surface area (Å²) in [4.78, 5) is 0. The molecule has 1 aliphatic carbocycles. The molecule has 0 atom stereocenters. The Morgan fingerprint density at radius 2 is 2.00 bits per heavy atom. The van der Waals surface area contributed by atoms with Gasteiger partial charge in [0, 0.05) is 18.2 Å². The quantitative estimate of drug-likeness (QED) is 0.660. The topological polar surface area (TPSA) is 47.3 Å². The van der Waals surface area contributed by atoms with Crippen LogP contribution in [0, 0.1) is 0 Å². The van der Waals surface area contributed by atoms with Gasteiger partial charge in [-0.2, -0.15) is 0 Å². The molecular weight excluding hydrogens is 224 g/mol. The van der Waals surface area contributed by atoms with E-state index >= 15 is 0 Å². The summed E-state index contributed by atoms with van der Waals surface area (Å²) in [6.45, 7) is 2.49. The first kappa shape index (κ1) is 13.4. The molecule has 0 amide bonds. The number of benzene rings is 1. The minimum Gasteiger partial charge on any atom is -0.493 e. The van der Waals surface area contributed by atoms with Crippen LogP contribution in [0.4, 0.5) is 0 Å². The lowest BCUT2D eigenvalue weighted by atomic mass is 10.2. The zero-order valence-electron chi connectivity index (χ0n) is 11.0. The predicted molar refractivity (Wildman–Crippen MR) is 74.7 cm³/mol. The summed E-state index contributed by atoms with van der Waals surface area (Å²) < 4.78 is 5.77. The summed E-state index contributed by atoms with van der Waals surface area (Å²) in [5, 5.41) is 3.53. The van der Waals surface area contributed by atoms with E-state index in [0.717, 1.165) is 36.9 Å². The normalized spacial score (nSPS) is 14.7. The van der Waals surface area contributed by atoms with Gasteiger partial charge in [0.15, 0.2) is 0 Å². The van der Waals surface area contributed by atoms with Gasteiger partial charge in [0.25, 0.3) is 0 Å². The SMILES string of the molecule is NCc1ccccc1OCCCCCNC1CC1. The third-order valence-corrected chi connectivity index (χ3v) is 3.28. The monoisotopic (exact) mass is 248 g/mol. The number of rotatable bonds is 9. The number of unbranched alkanes of at least 4 members (excludes halogenated alkanes) is 2. The van der Waals surface area contributed by atoms with Gasteiger partial charge in [0.05, 0.1) is 6.61 Å². The van der Waals surface area contributed by atoms with E-state index in [2.05, 4.69) is 5.32 Å². The average Bonchev–Trinajstić information content (AvgIpc) is 3.22. The second-order valence-electron chi connectivity index (χ2n) is 4.95. The van der Waals surface area contributed by atoms with Crippen molar-refractivity contribution in [3.05, 3.63) is 29.8 Å². The first-order valence-corrected chi connectivity index (χ1v) is 7.04. The molecule has 1 aromatic carbocycles. The zero-order chi connectivity index (χ0) is 12.6. The van der Waals surface area contributed by atoms with Crippen molar-refractivity contribution >= 4 is 0 Å². The number of nitrogens with two attached hydrogens (primary N) is 1. The van der Waals surface area contributed by atoms with Gasteiger partial charge in [0.2, 0.25) is 0 Å². The minimum absolute atomic E-state index is 0.543. The van der Waals surface area contributed by atoms with Crippen molar-refractivity contribution in [3.63, 3.8) is 0 Å². The molecule has 3 heteroatoms. The summed E-state index contributed by atoms with van der Waals surface area (Å²) in [5.74, 6) is 0.941. The van der Waals surface area contributed by atoms with Gasteiger partial charge < -0.3 is 15.8 Å². The number of hydrogen-bond acceptors (Lipinski definition) is 3. The van der Waals surface area contributed by atoms with Crippen LogP contribution in [-0.2, 0) is 6.54 Å². The molecule has 0 aliphatic heterocycles. The molecule has 18 heavy (non-hydrogen) atoms. The fraction of sp³-hybridized carbons (Fsp3) is 0.600. The Bertz CT molecular complexity index is 350. The summed E-state index contributed by atoms with van der Waals surface area (Å²) in [6, 6.07) is 8.84. The molecule has 0 spiro atoms. The van der Waals surface area contributed by atoms with Crippen LogP contribution < -0.4 is 15.8 Å². The Kier molecular flexibility index (Phi) is 5.49. The lowest BCUT2D eigenvalue weighted by molar-refractivity contribution is 0.302. The minimum atomic E-state index is 0.543. The highest BCUT2D eigenvalue weighted by Crippen LogP contribution is 2.19. The van der Waals surface area contributed by atoms with Gasteiger partial charge in [-0.15, -0.1) is 0 Å². The fourth-order valence-electron chi connectivity index (χ4n) is 1.99. The number of para-hydroxylation sites is 1. The van der Waals surface area contributed by atoms with Crippen LogP contribution >= 0.6 is 0 Å². The van der Waals surface area contributed by atoms with Crippen molar-refractivity contribution in [2.24, 2.45) is 5.73 Å². The van der Waals surface area contributed by atoms with Crippen molar-refractivity contribution in [3.8, 4) is 5.75 Å². The van der Waals surface area contributed by atoms with Crippen LogP contribution in [0.15, 0.2) is 24.3 Å².